The zero-order chi connectivity index (χ0) is 30.9. The molecule has 1 fully saturated rings. The number of rotatable bonds is 8. The molecule has 232 valence electrons. The molecule has 6 atom stereocenters. The van der Waals surface area contributed by atoms with Gasteiger partial charge in [-0.1, -0.05) is 30.7 Å². The molecule has 1 saturated carbocycles. The third kappa shape index (κ3) is 6.31. The van der Waals surface area contributed by atoms with E-state index in [1.54, 1.807) is 25.3 Å². The molecule has 0 unspecified atom stereocenters. The van der Waals surface area contributed by atoms with Gasteiger partial charge in [0.05, 0.1) is 17.9 Å². The second kappa shape index (κ2) is 13.2. The Morgan fingerprint density at radius 2 is 2.05 bits per heavy atom. The standard InChI is InChI=1S/C33H39ClF2N2O4S/c1-19(20(2)43-40)22-11-12-33(16-22,41-3)26-9-7-23(26)17-38-18-24-14-27(35)30(34)31(36)25(24)6-4-5-13-42-29-10-8-21(32(37)39)15-28(29)38/h8,10-12,14-15,19-20,22-23,26H,4-7,9,13,16-18H2,1-3H3,(H-,37,39)/p+1/t19-,20-,22+,23+,26-,33+/m1/s1. The van der Waals surface area contributed by atoms with Gasteiger partial charge in [0, 0.05) is 35.9 Å². The number of benzene rings is 2. The van der Waals surface area contributed by atoms with Gasteiger partial charge in [-0.15, -0.1) is 0 Å². The molecule has 2 aromatic rings. The van der Waals surface area contributed by atoms with Crippen LogP contribution in [0.1, 0.15) is 67.4 Å². The highest BCUT2D eigenvalue weighted by Gasteiger charge is 2.51. The summed E-state index contributed by atoms with van der Waals surface area (Å²) in [5.74, 6) is -0.620. The number of hydrogen-bond acceptors (Lipinski definition) is 5. The van der Waals surface area contributed by atoms with Crippen molar-refractivity contribution in [1.29, 1.82) is 0 Å². The fourth-order valence-electron chi connectivity index (χ4n) is 7.05. The number of nitrogens with zero attached hydrogens (tertiary/aromatic N) is 1. The molecule has 1 aliphatic heterocycles. The third-order valence-electron chi connectivity index (χ3n) is 10.0. The fraction of sp³-hybridized carbons (Fsp3) is 0.545. The van der Waals surface area contributed by atoms with E-state index in [4.69, 9.17) is 26.8 Å². The third-order valence-corrected chi connectivity index (χ3v) is 11.1. The topological polar surface area (TPSA) is 81.9 Å². The summed E-state index contributed by atoms with van der Waals surface area (Å²) in [5.41, 5.74) is 7.13. The van der Waals surface area contributed by atoms with E-state index in [0.717, 1.165) is 19.3 Å². The quantitative estimate of drug-likeness (QED) is 0.195. The van der Waals surface area contributed by atoms with E-state index in [-0.39, 0.29) is 35.5 Å². The van der Waals surface area contributed by atoms with Crippen LogP contribution in [0.4, 0.5) is 14.5 Å². The van der Waals surface area contributed by atoms with Crippen LogP contribution in [0.15, 0.2) is 36.4 Å². The minimum absolute atomic E-state index is 0.0112. The Bertz CT molecular complexity index is 1410. The van der Waals surface area contributed by atoms with Crippen LogP contribution in [-0.4, -0.2) is 37.0 Å². The zero-order valence-electron chi connectivity index (χ0n) is 24.9. The summed E-state index contributed by atoms with van der Waals surface area (Å²) >= 11 is 6.65. The largest absolute Gasteiger partial charge is 0.491 e. The zero-order valence-corrected chi connectivity index (χ0v) is 26.5. The molecule has 3 aliphatic rings. The molecule has 6 nitrogen and oxygen atoms in total. The predicted molar refractivity (Wildman–Crippen MR) is 166 cm³/mol. The van der Waals surface area contributed by atoms with Gasteiger partial charge in [0.1, 0.15) is 22.4 Å². The van der Waals surface area contributed by atoms with Crippen molar-refractivity contribution in [3.05, 3.63) is 69.8 Å². The highest BCUT2D eigenvalue weighted by Crippen LogP contribution is 2.51. The van der Waals surface area contributed by atoms with Gasteiger partial charge in [-0.25, -0.2) is 8.78 Å². The highest BCUT2D eigenvalue weighted by molar-refractivity contribution is 7.66. The number of hydrogen-bond donors (Lipinski definition) is 1. The molecule has 0 saturated heterocycles. The summed E-state index contributed by atoms with van der Waals surface area (Å²) in [7, 11) is 1.75. The number of nitrogens with two attached hydrogens (primary N) is 1. The Labute approximate surface area is 261 Å². The Morgan fingerprint density at radius 3 is 2.72 bits per heavy atom. The van der Waals surface area contributed by atoms with Gasteiger partial charge in [0.25, 0.3) is 0 Å². The van der Waals surface area contributed by atoms with Gasteiger partial charge < -0.3 is 20.1 Å². The van der Waals surface area contributed by atoms with Crippen molar-refractivity contribution in [2.75, 3.05) is 25.2 Å². The fourth-order valence-corrected chi connectivity index (χ4v) is 7.60. The molecule has 0 spiro atoms. The van der Waals surface area contributed by atoms with Crippen LogP contribution in [0.25, 0.3) is 0 Å². The number of halogens is 3. The Kier molecular flexibility index (Phi) is 9.73. The molecule has 0 bridgehead atoms. The smallest absolute Gasteiger partial charge is 0.462 e. The van der Waals surface area contributed by atoms with E-state index < -0.39 is 28.2 Å². The first kappa shape index (κ1) is 31.8. The Hall–Kier alpha value is -2.62. The van der Waals surface area contributed by atoms with Crippen molar-refractivity contribution in [1.82, 2.24) is 0 Å². The van der Waals surface area contributed by atoms with Gasteiger partial charge >= 0.3 is 11.7 Å². The Balaban J connectivity index is 1.51. The second-order valence-corrected chi connectivity index (χ2v) is 13.7. The molecule has 10 heteroatoms. The van der Waals surface area contributed by atoms with E-state index in [1.807, 2.05) is 6.92 Å². The number of anilines is 1. The van der Waals surface area contributed by atoms with E-state index in [9.17, 15) is 13.4 Å². The molecular formula is C33H40ClF2N2O4S+. The first-order valence-corrected chi connectivity index (χ1v) is 16.3. The minimum Gasteiger partial charge on any atom is -0.491 e. The summed E-state index contributed by atoms with van der Waals surface area (Å²) < 4.78 is 54.1. The minimum atomic E-state index is -0.795. The number of methoxy groups -OCH3 is 1. The average molecular weight is 634 g/mol. The van der Waals surface area contributed by atoms with Crippen LogP contribution < -0.4 is 15.4 Å². The number of carbonyl (C=O) groups is 1. The summed E-state index contributed by atoms with van der Waals surface area (Å²) in [6.45, 7) is 5.26. The van der Waals surface area contributed by atoms with E-state index in [0.29, 0.717) is 72.2 Å². The molecule has 1 amide bonds. The monoisotopic (exact) mass is 633 g/mol. The second-order valence-electron chi connectivity index (χ2n) is 12.3. The molecule has 0 radical (unpaired) electrons. The summed E-state index contributed by atoms with van der Waals surface area (Å²) in [6, 6.07) is 6.44. The summed E-state index contributed by atoms with van der Waals surface area (Å²) in [4.78, 5) is 14.3. The lowest BCUT2D eigenvalue weighted by Gasteiger charge is -2.49. The number of primary amides is 1. The Morgan fingerprint density at radius 1 is 1.26 bits per heavy atom. The highest BCUT2D eigenvalue weighted by atomic mass is 35.5. The normalized spacial score (nSPS) is 26.7. The van der Waals surface area contributed by atoms with Gasteiger partial charge in [-0.3, -0.25) is 4.79 Å². The molecule has 2 aliphatic carbocycles. The summed E-state index contributed by atoms with van der Waals surface area (Å²) in [5, 5.41) is -0.502. The number of ether oxygens (including phenoxy) is 2. The lowest BCUT2D eigenvalue weighted by atomic mass is 9.63. The van der Waals surface area contributed by atoms with Crippen molar-refractivity contribution in [3.8, 4) is 5.75 Å². The molecule has 5 rings (SSSR count). The molecular weight excluding hydrogens is 594 g/mol. The van der Waals surface area contributed by atoms with Crippen molar-refractivity contribution in [3.63, 3.8) is 0 Å². The van der Waals surface area contributed by atoms with Crippen LogP contribution in [0.2, 0.25) is 5.02 Å². The van der Waals surface area contributed by atoms with Crippen molar-refractivity contribution in [2.24, 2.45) is 29.4 Å². The van der Waals surface area contributed by atoms with Crippen LogP contribution in [-0.2, 0) is 33.6 Å². The van der Waals surface area contributed by atoms with Gasteiger partial charge in [0.15, 0.2) is 0 Å². The van der Waals surface area contributed by atoms with Crippen LogP contribution in [0.5, 0.6) is 5.75 Å². The SMILES string of the molecule is CO[C@@]1([C@@H]2CC[C@H]2CN2Cc3cc(F)c(Cl)c(F)c3CCCCOc3ccc(C(N)=O)cc32)C=C[C@H]([C@H](C)[C@@H](C)[S+]=O)C1. The van der Waals surface area contributed by atoms with Gasteiger partial charge in [-0.2, -0.15) is 0 Å². The number of carbonyl (C=O) groups excluding carboxylic acids is 1. The van der Waals surface area contributed by atoms with Crippen molar-refractivity contribution in [2.45, 2.75) is 69.8 Å². The molecule has 2 aromatic carbocycles. The lowest BCUT2D eigenvalue weighted by Crippen LogP contribution is -2.50. The summed E-state index contributed by atoms with van der Waals surface area (Å²) in [6.07, 6.45) is 8.85. The maximum absolute atomic E-state index is 15.3. The maximum atomic E-state index is 15.3. The van der Waals surface area contributed by atoms with Gasteiger partial charge in [0.2, 0.25) is 11.2 Å². The van der Waals surface area contributed by atoms with Gasteiger partial charge in [-0.05, 0) is 98.6 Å². The van der Waals surface area contributed by atoms with E-state index in [1.165, 1.54) is 6.07 Å². The van der Waals surface area contributed by atoms with E-state index in [2.05, 4.69) is 24.0 Å². The average Bonchev–Trinajstić information content (AvgIpc) is 3.41. The molecule has 2 N–H and O–H groups in total. The van der Waals surface area contributed by atoms with Crippen molar-refractivity contribution < 1.29 is 27.3 Å². The van der Waals surface area contributed by atoms with Crippen molar-refractivity contribution >= 4 is 34.9 Å². The first-order valence-electron chi connectivity index (χ1n) is 15.1. The first-order chi connectivity index (χ1) is 20.6. The molecule has 43 heavy (non-hydrogen) atoms. The number of amides is 1. The number of fused-ring (bicyclic) bond motifs is 2. The lowest BCUT2D eigenvalue weighted by molar-refractivity contribution is -0.0808. The molecule has 0 aromatic heterocycles. The van der Waals surface area contributed by atoms with E-state index >= 15 is 4.39 Å². The van der Waals surface area contributed by atoms with Crippen LogP contribution in [0.3, 0.4) is 0 Å². The van der Waals surface area contributed by atoms with Crippen LogP contribution >= 0.6 is 11.6 Å². The maximum Gasteiger partial charge on any atom is 0.462 e. The predicted octanol–water partition coefficient (Wildman–Crippen LogP) is 6.88. The molecule has 1 heterocycles. The number of allylic oxidation sites excluding steroid dienone is 1. The van der Waals surface area contributed by atoms with Crippen LogP contribution in [0, 0.1) is 35.3 Å².